The topological polar surface area (TPSA) is 29.1 Å². The number of carbonyl (C=O) groups excluding carboxylic acids is 1. The molecule has 0 atom stereocenters. The Morgan fingerprint density at radius 1 is 1.14 bits per heavy atom. The monoisotopic (exact) mass is 319 g/mol. The predicted octanol–water partition coefficient (Wildman–Crippen LogP) is 5.03. The summed E-state index contributed by atoms with van der Waals surface area (Å²) in [5.41, 5.74) is 1.70. The Morgan fingerprint density at radius 2 is 1.90 bits per heavy atom. The lowest BCUT2D eigenvalue weighted by molar-refractivity contribution is 0.103. The highest BCUT2D eigenvalue weighted by Crippen LogP contribution is 2.27. The molecule has 0 aliphatic rings. The Labute approximate surface area is 130 Å². The van der Waals surface area contributed by atoms with Gasteiger partial charge in [0.1, 0.15) is 5.82 Å². The van der Waals surface area contributed by atoms with Crippen LogP contribution in [0.5, 0.6) is 0 Å². The third kappa shape index (κ3) is 3.06. The van der Waals surface area contributed by atoms with Crippen molar-refractivity contribution >= 4 is 44.6 Å². The zero-order valence-electron chi connectivity index (χ0n) is 10.9. The highest BCUT2D eigenvalue weighted by atomic mass is 35.5. The van der Waals surface area contributed by atoms with E-state index >= 15 is 0 Å². The Bertz CT molecular complexity index is 798. The minimum Gasteiger partial charge on any atom is -0.321 e. The Hall–Kier alpha value is -1.91. The standard InChI is InChI=1S/C16H11ClFNOS/c17-9-10-1-5-13(6-2-10)19-16(20)15-7-11-3-4-12(18)8-14(11)21-15/h1-8H,9H2,(H,19,20). The molecule has 0 spiro atoms. The molecule has 0 bridgehead atoms. The zero-order chi connectivity index (χ0) is 14.8. The van der Waals surface area contributed by atoms with Crippen LogP contribution in [0.4, 0.5) is 10.1 Å². The molecular formula is C16H11ClFNOS. The Morgan fingerprint density at radius 3 is 2.62 bits per heavy atom. The van der Waals surface area contributed by atoms with Crippen LogP contribution in [0, 0.1) is 5.82 Å². The average Bonchev–Trinajstić information content (AvgIpc) is 2.91. The van der Waals surface area contributed by atoms with Crippen molar-refractivity contribution in [3.05, 3.63) is 64.8 Å². The van der Waals surface area contributed by atoms with Gasteiger partial charge in [-0.15, -0.1) is 22.9 Å². The van der Waals surface area contributed by atoms with Gasteiger partial charge in [-0.3, -0.25) is 4.79 Å². The quantitative estimate of drug-likeness (QED) is 0.674. The molecule has 2 nitrogen and oxygen atoms in total. The molecule has 1 aromatic heterocycles. The van der Waals surface area contributed by atoms with Crippen molar-refractivity contribution in [1.29, 1.82) is 0 Å². The first-order chi connectivity index (χ1) is 10.2. The van der Waals surface area contributed by atoms with Crippen LogP contribution >= 0.6 is 22.9 Å². The molecule has 5 heteroatoms. The number of benzene rings is 2. The number of carbonyl (C=O) groups is 1. The third-order valence-corrected chi connectivity index (χ3v) is 4.48. The van der Waals surface area contributed by atoms with Gasteiger partial charge < -0.3 is 5.32 Å². The van der Waals surface area contributed by atoms with Crippen LogP contribution in [-0.2, 0) is 5.88 Å². The second kappa shape index (κ2) is 5.84. The summed E-state index contributed by atoms with van der Waals surface area (Å²) < 4.78 is 13.9. The molecule has 0 aliphatic heterocycles. The van der Waals surface area contributed by atoms with Crippen molar-refractivity contribution in [2.24, 2.45) is 0 Å². The first-order valence-electron chi connectivity index (χ1n) is 6.31. The minimum atomic E-state index is -0.298. The molecule has 1 amide bonds. The van der Waals surface area contributed by atoms with E-state index in [-0.39, 0.29) is 11.7 Å². The SMILES string of the molecule is O=C(Nc1ccc(CCl)cc1)c1cc2ccc(F)cc2s1. The molecule has 3 rings (SSSR count). The molecule has 0 unspecified atom stereocenters. The largest absolute Gasteiger partial charge is 0.321 e. The summed E-state index contributed by atoms with van der Waals surface area (Å²) in [7, 11) is 0. The summed E-state index contributed by atoms with van der Waals surface area (Å²) in [4.78, 5) is 12.8. The van der Waals surface area contributed by atoms with Crippen molar-refractivity contribution in [3.63, 3.8) is 0 Å². The van der Waals surface area contributed by atoms with Crippen LogP contribution in [0.15, 0.2) is 48.5 Å². The zero-order valence-corrected chi connectivity index (χ0v) is 12.5. The molecule has 0 radical (unpaired) electrons. The fraction of sp³-hybridized carbons (Fsp3) is 0.0625. The highest BCUT2D eigenvalue weighted by Gasteiger charge is 2.11. The van der Waals surface area contributed by atoms with E-state index in [4.69, 9.17) is 11.6 Å². The molecule has 0 saturated carbocycles. The van der Waals surface area contributed by atoms with Crippen LogP contribution < -0.4 is 5.32 Å². The maximum atomic E-state index is 13.2. The number of rotatable bonds is 3. The Kier molecular flexibility index (Phi) is 3.90. The van der Waals surface area contributed by atoms with Crippen LogP contribution in [-0.4, -0.2) is 5.91 Å². The first kappa shape index (κ1) is 14.0. The van der Waals surface area contributed by atoms with Gasteiger partial charge in [-0.1, -0.05) is 18.2 Å². The molecule has 0 saturated heterocycles. The maximum absolute atomic E-state index is 13.2. The maximum Gasteiger partial charge on any atom is 0.265 e. The number of hydrogen-bond donors (Lipinski definition) is 1. The number of fused-ring (bicyclic) bond motifs is 1. The molecule has 0 fully saturated rings. The predicted molar refractivity (Wildman–Crippen MR) is 85.7 cm³/mol. The van der Waals surface area contributed by atoms with Crippen molar-refractivity contribution in [2.45, 2.75) is 5.88 Å². The molecule has 106 valence electrons. The summed E-state index contributed by atoms with van der Waals surface area (Å²) in [5, 5.41) is 3.68. The molecule has 21 heavy (non-hydrogen) atoms. The Balaban J connectivity index is 1.82. The number of hydrogen-bond acceptors (Lipinski definition) is 2. The number of amides is 1. The minimum absolute atomic E-state index is 0.199. The van der Waals surface area contributed by atoms with E-state index in [0.29, 0.717) is 16.4 Å². The summed E-state index contributed by atoms with van der Waals surface area (Å²) in [5.74, 6) is -0.0565. The number of halogens is 2. The normalized spacial score (nSPS) is 10.8. The smallest absolute Gasteiger partial charge is 0.265 e. The van der Waals surface area contributed by atoms with Gasteiger partial charge in [-0.25, -0.2) is 4.39 Å². The van der Waals surface area contributed by atoms with Crippen LogP contribution in [0.3, 0.4) is 0 Å². The van der Waals surface area contributed by atoms with Gasteiger partial charge in [0, 0.05) is 16.3 Å². The van der Waals surface area contributed by atoms with Gasteiger partial charge in [-0.2, -0.15) is 0 Å². The van der Waals surface area contributed by atoms with Crippen LogP contribution in [0.2, 0.25) is 0 Å². The van der Waals surface area contributed by atoms with E-state index < -0.39 is 0 Å². The van der Waals surface area contributed by atoms with Crippen molar-refractivity contribution in [3.8, 4) is 0 Å². The van der Waals surface area contributed by atoms with Gasteiger partial charge in [0.05, 0.1) is 4.88 Å². The lowest BCUT2D eigenvalue weighted by Gasteiger charge is -2.03. The lowest BCUT2D eigenvalue weighted by atomic mass is 10.2. The summed E-state index contributed by atoms with van der Waals surface area (Å²) in [6.07, 6.45) is 0. The summed E-state index contributed by atoms with van der Waals surface area (Å²) in [6.45, 7) is 0. The second-order valence-electron chi connectivity index (χ2n) is 4.58. The number of anilines is 1. The molecule has 1 N–H and O–H groups in total. The van der Waals surface area contributed by atoms with Crippen molar-refractivity contribution in [2.75, 3.05) is 5.32 Å². The molecule has 3 aromatic rings. The van der Waals surface area contributed by atoms with E-state index in [1.807, 2.05) is 24.3 Å². The van der Waals surface area contributed by atoms with E-state index in [2.05, 4.69) is 5.32 Å². The number of thiophene rings is 1. The van der Waals surface area contributed by atoms with Gasteiger partial charge in [0.15, 0.2) is 0 Å². The van der Waals surface area contributed by atoms with Crippen LogP contribution in [0.1, 0.15) is 15.2 Å². The summed E-state index contributed by atoms with van der Waals surface area (Å²) in [6, 6.07) is 13.6. The van der Waals surface area contributed by atoms with Crippen molar-refractivity contribution in [1.82, 2.24) is 0 Å². The molecular weight excluding hydrogens is 309 g/mol. The first-order valence-corrected chi connectivity index (χ1v) is 7.66. The number of alkyl halides is 1. The van der Waals surface area contributed by atoms with E-state index in [0.717, 1.165) is 15.6 Å². The van der Waals surface area contributed by atoms with E-state index in [1.54, 1.807) is 12.1 Å². The molecule has 2 aromatic carbocycles. The van der Waals surface area contributed by atoms with Gasteiger partial charge in [-0.05, 0) is 41.3 Å². The highest BCUT2D eigenvalue weighted by molar-refractivity contribution is 7.20. The van der Waals surface area contributed by atoms with Crippen molar-refractivity contribution < 1.29 is 9.18 Å². The van der Waals surface area contributed by atoms with Gasteiger partial charge in [0.25, 0.3) is 5.91 Å². The van der Waals surface area contributed by atoms with Crippen LogP contribution in [0.25, 0.3) is 10.1 Å². The molecule has 1 heterocycles. The second-order valence-corrected chi connectivity index (χ2v) is 5.93. The average molecular weight is 320 g/mol. The lowest BCUT2D eigenvalue weighted by Crippen LogP contribution is -2.09. The number of nitrogens with one attached hydrogen (secondary N) is 1. The van der Waals surface area contributed by atoms with E-state index in [9.17, 15) is 9.18 Å². The fourth-order valence-corrected chi connectivity index (χ4v) is 3.15. The van der Waals surface area contributed by atoms with Gasteiger partial charge in [0.2, 0.25) is 0 Å². The fourth-order valence-electron chi connectivity index (χ4n) is 1.99. The van der Waals surface area contributed by atoms with Gasteiger partial charge >= 0.3 is 0 Å². The van der Waals surface area contributed by atoms with E-state index in [1.165, 1.54) is 23.5 Å². The molecule has 0 aliphatic carbocycles. The summed E-state index contributed by atoms with van der Waals surface area (Å²) >= 11 is 7.00. The third-order valence-electron chi connectivity index (χ3n) is 3.07.